The van der Waals surface area contributed by atoms with E-state index in [0.717, 1.165) is 7.11 Å². The molecule has 1 atom stereocenters. The lowest BCUT2D eigenvalue weighted by Crippen LogP contribution is -2.55. The molecular formula is C18H20F3N3O6. The number of aliphatic imine (C=N–C) groups is 2. The SMILES string of the molecule is COC(=O)C1(C(F)(F)F)N=C(c2ccc(OC)c(OC)c2)OC(N2CCOCC2)=N1. The van der Waals surface area contributed by atoms with Crippen LogP contribution in [0.25, 0.3) is 0 Å². The van der Waals surface area contributed by atoms with Gasteiger partial charge < -0.3 is 28.6 Å². The highest BCUT2D eigenvalue weighted by Gasteiger charge is 2.65. The second kappa shape index (κ2) is 8.38. The van der Waals surface area contributed by atoms with Crippen molar-refractivity contribution in [2.45, 2.75) is 11.8 Å². The van der Waals surface area contributed by atoms with Crippen molar-refractivity contribution in [3.8, 4) is 11.5 Å². The van der Waals surface area contributed by atoms with Crippen molar-refractivity contribution in [2.24, 2.45) is 9.98 Å². The van der Waals surface area contributed by atoms with Crippen LogP contribution in [0.15, 0.2) is 28.2 Å². The number of ether oxygens (including phenoxy) is 5. The largest absolute Gasteiger partial charge is 0.493 e. The molecule has 1 saturated heterocycles. The molecule has 1 fully saturated rings. The zero-order valence-corrected chi connectivity index (χ0v) is 16.5. The van der Waals surface area contributed by atoms with Crippen molar-refractivity contribution < 1.29 is 41.7 Å². The zero-order valence-electron chi connectivity index (χ0n) is 16.5. The Kier molecular flexibility index (Phi) is 6.06. The predicted octanol–water partition coefficient (Wildman–Crippen LogP) is 1.60. The number of hydrogen-bond acceptors (Lipinski definition) is 9. The van der Waals surface area contributed by atoms with Gasteiger partial charge in [0.25, 0.3) is 6.02 Å². The number of morpholine rings is 1. The topological polar surface area (TPSA) is 91.2 Å². The van der Waals surface area contributed by atoms with Crippen molar-refractivity contribution in [1.82, 2.24) is 4.90 Å². The molecule has 0 saturated carbocycles. The van der Waals surface area contributed by atoms with E-state index < -0.39 is 29.7 Å². The molecule has 0 N–H and O–H groups in total. The second-order valence-corrected chi connectivity index (χ2v) is 6.24. The molecule has 0 radical (unpaired) electrons. The van der Waals surface area contributed by atoms with Gasteiger partial charge in [-0.1, -0.05) is 0 Å². The van der Waals surface area contributed by atoms with E-state index in [2.05, 4.69) is 14.7 Å². The zero-order chi connectivity index (χ0) is 21.9. The lowest BCUT2D eigenvalue weighted by atomic mass is 10.1. The maximum atomic E-state index is 14.1. The number of carbonyl (C=O) groups is 1. The average Bonchev–Trinajstić information content (AvgIpc) is 2.77. The number of rotatable bonds is 4. The summed E-state index contributed by atoms with van der Waals surface area (Å²) in [5, 5.41) is 0. The van der Waals surface area contributed by atoms with E-state index >= 15 is 0 Å². The number of hydrogen-bond donors (Lipinski definition) is 0. The van der Waals surface area contributed by atoms with E-state index in [-0.39, 0.29) is 37.6 Å². The number of alkyl halides is 3. The van der Waals surface area contributed by atoms with Crippen LogP contribution in [0.3, 0.4) is 0 Å². The highest BCUT2D eigenvalue weighted by molar-refractivity contribution is 6.05. The molecule has 30 heavy (non-hydrogen) atoms. The summed E-state index contributed by atoms with van der Waals surface area (Å²) >= 11 is 0. The van der Waals surface area contributed by atoms with Crippen LogP contribution in [0, 0.1) is 0 Å². The molecule has 1 aromatic rings. The van der Waals surface area contributed by atoms with Gasteiger partial charge in [-0.05, 0) is 18.2 Å². The van der Waals surface area contributed by atoms with Gasteiger partial charge in [-0.15, -0.1) is 0 Å². The monoisotopic (exact) mass is 431 g/mol. The highest BCUT2D eigenvalue weighted by Crippen LogP contribution is 2.40. The fraction of sp³-hybridized carbons (Fsp3) is 0.500. The third-order valence-corrected chi connectivity index (χ3v) is 4.49. The maximum Gasteiger partial charge on any atom is 0.446 e. The first-order chi connectivity index (χ1) is 14.3. The first-order valence-electron chi connectivity index (χ1n) is 8.83. The Morgan fingerprint density at radius 1 is 1.10 bits per heavy atom. The molecule has 12 heteroatoms. The van der Waals surface area contributed by atoms with E-state index in [4.69, 9.17) is 18.9 Å². The summed E-state index contributed by atoms with van der Waals surface area (Å²) in [6, 6.07) is 3.90. The van der Waals surface area contributed by atoms with E-state index in [1.165, 1.54) is 37.3 Å². The Labute approximate surface area is 170 Å². The normalized spacial score (nSPS) is 21.9. The Balaban J connectivity index is 2.15. The van der Waals surface area contributed by atoms with Crippen molar-refractivity contribution in [2.75, 3.05) is 47.6 Å². The van der Waals surface area contributed by atoms with Gasteiger partial charge >= 0.3 is 17.8 Å². The van der Waals surface area contributed by atoms with Crippen molar-refractivity contribution >= 4 is 17.9 Å². The summed E-state index contributed by atoms with van der Waals surface area (Å²) in [6.45, 7) is 0.991. The molecular weight excluding hydrogens is 411 g/mol. The van der Waals surface area contributed by atoms with Crippen LogP contribution in [0.1, 0.15) is 5.56 Å². The number of halogens is 3. The Morgan fingerprint density at radius 3 is 2.33 bits per heavy atom. The number of carbonyl (C=O) groups excluding carboxylic acids is 1. The van der Waals surface area contributed by atoms with E-state index in [0.29, 0.717) is 5.75 Å². The van der Waals surface area contributed by atoms with Crippen LogP contribution in [0.4, 0.5) is 13.2 Å². The molecule has 0 amide bonds. The maximum absolute atomic E-state index is 14.1. The number of methoxy groups -OCH3 is 3. The summed E-state index contributed by atoms with van der Waals surface area (Å²) in [7, 11) is 3.63. The van der Waals surface area contributed by atoms with E-state index in [9.17, 15) is 18.0 Å². The van der Waals surface area contributed by atoms with Crippen LogP contribution < -0.4 is 9.47 Å². The fourth-order valence-electron chi connectivity index (χ4n) is 2.90. The Morgan fingerprint density at radius 2 is 1.77 bits per heavy atom. The summed E-state index contributed by atoms with van der Waals surface area (Å²) in [6.07, 6.45) is -5.18. The molecule has 1 aromatic carbocycles. The minimum atomic E-state index is -5.18. The quantitative estimate of drug-likeness (QED) is 0.669. The van der Waals surface area contributed by atoms with Gasteiger partial charge in [0.05, 0.1) is 34.5 Å². The fourth-order valence-corrected chi connectivity index (χ4v) is 2.90. The van der Waals surface area contributed by atoms with Crippen LogP contribution in [0.5, 0.6) is 11.5 Å². The van der Waals surface area contributed by atoms with Crippen molar-refractivity contribution in [3.05, 3.63) is 23.8 Å². The molecule has 2 aliphatic rings. The minimum Gasteiger partial charge on any atom is -0.493 e. The molecule has 0 bridgehead atoms. The van der Waals surface area contributed by atoms with Crippen LogP contribution in [-0.4, -0.2) is 82.3 Å². The molecule has 9 nitrogen and oxygen atoms in total. The number of amidine groups is 1. The summed E-state index contributed by atoms with van der Waals surface area (Å²) in [4.78, 5) is 20.8. The molecule has 3 rings (SSSR count). The molecule has 2 heterocycles. The molecule has 0 aromatic heterocycles. The average molecular weight is 431 g/mol. The van der Waals surface area contributed by atoms with Gasteiger partial charge in [-0.25, -0.2) is 4.79 Å². The van der Waals surface area contributed by atoms with Crippen molar-refractivity contribution in [1.29, 1.82) is 0 Å². The van der Waals surface area contributed by atoms with Gasteiger partial charge in [0, 0.05) is 18.7 Å². The van der Waals surface area contributed by atoms with Gasteiger partial charge in [0.15, 0.2) is 11.5 Å². The third-order valence-electron chi connectivity index (χ3n) is 4.49. The Hall–Kier alpha value is -3.02. The number of benzene rings is 1. The van der Waals surface area contributed by atoms with Gasteiger partial charge in [-0.3, -0.25) is 0 Å². The van der Waals surface area contributed by atoms with E-state index in [1.54, 1.807) is 0 Å². The van der Waals surface area contributed by atoms with Gasteiger partial charge in [0.1, 0.15) is 0 Å². The highest BCUT2D eigenvalue weighted by atomic mass is 19.4. The Bertz CT molecular complexity index is 867. The van der Waals surface area contributed by atoms with Crippen LogP contribution in [0.2, 0.25) is 0 Å². The van der Waals surface area contributed by atoms with Crippen LogP contribution in [-0.2, 0) is 19.0 Å². The molecule has 2 aliphatic heterocycles. The third kappa shape index (κ3) is 3.86. The van der Waals surface area contributed by atoms with E-state index in [1.807, 2.05) is 0 Å². The molecule has 0 spiro atoms. The molecule has 1 unspecified atom stereocenters. The molecule has 164 valence electrons. The smallest absolute Gasteiger partial charge is 0.446 e. The summed E-state index contributed by atoms with van der Waals surface area (Å²) < 4.78 is 67.8. The molecule has 0 aliphatic carbocycles. The first kappa shape index (κ1) is 21.7. The number of esters is 1. The van der Waals surface area contributed by atoms with Gasteiger partial charge in [0.2, 0.25) is 5.90 Å². The van der Waals surface area contributed by atoms with Gasteiger partial charge in [-0.2, -0.15) is 23.2 Å². The standard InChI is InChI=1S/C18H20F3N3O6/c1-26-12-5-4-11(10-13(12)27-2)14-22-17(15(25)28-3,18(19,20)21)23-16(30-14)24-6-8-29-9-7-24/h4-5,10H,6-9H2,1-3H3. The second-order valence-electron chi connectivity index (χ2n) is 6.24. The summed E-state index contributed by atoms with van der Waals surface area (Å²) in [5.41, 5.74) is -3.37. The van der Waals surface area contributed by atoms with Crippen LogP contribution >= 0.6 is 0 Å². The minimum absolute atomic E-state index is 0.130. The predicted molar refractivity (Wildman–Crippen MR) is 97.8 cm³/mol. The lowest BCUT2D eigenvalue weighted by molar-refractivity contribution is -0.202. The number of nitrogens with zero attached hydrogens (tertiary/aromatic N) is 3. The summed E-state index contributed by atoms with van der Waals surface area (Å²) in [5.74, 6) is -1.54. The lowest BCUT2D eigenvalue weighted by Gasteiger charge is -2.35. The first-order valence-corrected chi connectivity index (χ1v) is 8.83. The van der Waals surface area contributed by atoms with Crippen molar-refractivity contribution in [3.63, 3.8) is 0 Å².